The summed E-state index contributed by atoms with van der Waals surface area (Å²) < 4.78 is 5.44. The Labute approximate surface area is 106 Å². The van der Waals surface area contributed by atoms with E-state index in [1.165, 1.54) is 6.33 Å². The van der Waals surface area contributed by atoms with Crippen molar-refractivity contribution in [2.75, 3.05) is 5.32 Å². The molecule has 1 aromatic rings. The molecule has 1 unspecified atom stereocenters. The number of aliphatic carboxylic acids is 1. The van der Waals surface area contributed by atoms with Gasteiger partial charge in [0.2, 0.25) is 5.88 Å². The largest absolute Gasteiger partial charge is 0.481 e. The molecule has 6 heteroatoms. The number of aromatic nitrogens is 2. The van der Waals surface area contributed by atoms with E-state index in [2.05, 4.69) is 15.3 Å². The number of hydrogen-bond acceptors (Lipinski definition) is 5. The van der Waals surface area contributed by atoms with Crippen LogP contribution in [0.25, 0.3) is 0 Å². The quantitative estimate of drug-likeness (QED) is 0.772. The molecule has 0 aliphatic rings. The molecule has 0 saturated heterocycles. The third-order valence-electron chi connectivity index (χ3n) is 2.26. The number of ether oxygens (including phenoxy) is 1. The van der Waals surface area contributed by atoms with E-state index >= 15 is 0 Å². The van der Waals surface area contributed by atoms with Crippen LogP contribution < -0.4 is 10.1 Å². The minimum atomic E-state index is -0.831. The fourth-order valence-corrected chi connectivity index (χ4v) is 1.44. The molecule has 0 saturated carbocycles. The van der Waals surface area contributed by atoms with Crippen molar-refractivity contribution in [1.29, 1.82) is 0 Å². The van der Waals surface area contributed by atoms with Crippen LogP contribution in [0.15, 0.2) is 12.4 Å². The van der Waals surface area contributed by atoms with Crippen molar-refractivity contribution in [2.45, 2.75) is 45.8 Å². The molecule has 0 spiro atoms. The first-order valence-electron chi connectivity index (χ1n) is 5.98. The molecule has 0 radical (unpaired) electrons. The average molecular weight is 253 g/mol. The number of anilines is 1. The zero-order valence-electron chi connectivity index (χ0n) is 10.9. The second-order valence-electron chi connectivity index (χ2n) is 4.26. The first-order chi connectivity index (χ1) is 8.51. The average Bonchev–Trinajstić information content (AvgIpc) is 2.27. The number of carboxylic acid groups (broad SMARTS) is 1. The fraction of sp³-hybridized carbons (Fsp3) is 0.583. The van der Waals surface area contributed by atoms with Gasteiger partial charge in [0, 0.05) is 12.1 Å². The summed E-state index contributed by atoms with van der Waals surface area (Å²) in [6.45, 7) is 5.75. The lowest BCUT2D eigenvalue weighted by molar-refractivity contribution is -0.137. The van der Waals surface area contributed by atoms with Crippen molar-refractivity contribution in [3.05, 3.63) is 12.4 Å². The highest BCUT2D eigenvalue weighted by Crippen LogP contribution is 2.15. The van der Waals surface area contributed by atoms with Crippen molar-refractivity contribution in [3.63, 3.8) is 0 Å². The lowest BCUT2D eigenvalue weighted by atomic mass is 10.1. The minimum absolute atomic E-state index is 0.0359. The molecular weight excluding hydrogens is 234 g/mol. The van der Waals surface area contributed by atoms with Crippen molar-refractivity contribution in [1.82, 2.24) is 9.97 Å². The van der Waals surface area contributed by atoms with Crippen molar-refractivity contribution >= 4 is 11.8 Å². The van der Waals surface area contributed by atoms with Gasteiger partial charge in [-0.2, -0.15) is 0 Å². The fourth-order valence-electron chi connectivity index (χ4n) is 1.44. The summed E-state index contributed by atoms with van der Waals surface area (Å²) in [5.41, 5.74) is 0. The van der Waals surface area contributed by atoms with Crippen LogP contribution in [0.5, 0.6) is 5.88 Å². The van der Waals surface area contributed by atoms with Gasteiger partial charge >= 0.3 is 5.97 Å². The Hall–Kier alpha value is -1.85. The third kappa shape index (κ3) is 4.99. The molecule has 1 aromatic heterocycles. The predicted octanol–water partition coefficient (Wildman–Crippen LogP) is 1.93. The molecule has 6 nitrogen and oxygen atoms in total. The number of carbonyl (C=O) groups is 1. The molecular formula is C12H19N3O3. The summed E-state index contributed by atoms with van der Waals surface area (Å²) in [6, 6.07) is 1.52. The maximum absolute atomic E-state index is 10.7. The van der Waals surface area contributed by atoms with Gasteiger partial charge < -0.3 is 15.2 Å². The third-order valence-corrected chi connectivity index (χ3v) is 2.26. The highest BCUT2D eigenvalue weighted by molar-refractivity contribution is 5.68. The maximum Gasteiger partial charge on any atom is 0.305 e. The van der Waals surface area contributed by atoms with E-state index < -0.39 is 5.97 Å². The molecule has 1 rings (SSSR count). The maximum atomic E-state index is 10.7. The lowest BCUT2D eigenvalue weighted by Gasteiger charge is -2.16. The molecule has 18 heavy (non-hydrogen) atoms. The van der Waals surface area contributed by atoms with Gasteiger partial charge in [-0.25, -0.2) is 9.97 Å². The Bertz CT molecular complexity index is 396. The van der Waals surface area contributed by atoms with Crippen LogP contribution in [0.4, 0.5) is 5.82 Å². The van der Waals surface area contributed by atoms with Gasteiger partial charge in [-0.05, 0) is 20.3 Å². The zero-order chi connectivity index (χ0) is 13.5. The highest BCUT2D eigenvalue weighted by Gasteiger charge is 2.12. The van der Waals surface area contributed by atoms with E-state index in [4.69, 9.17) is 9.84 Å². The number of carboxylic acids is 1. The first-order valence-corrected chi connectivity index (χ1v) is 5.98. The second kappa shape index (κ2) is 6.78. The summed E-state index contributed by atoms with van der Waals surface area (Å²) in [5, 5.41) is 11.8. The number of rotatable bonds is 7. The Morgan fingerprint density at radius 2 is 2.22 bits per heavy atom. The van der Waals surface area contributed by atoms with E-state index in [1.54, 1.807) is 6.07 Å². The lowest BCUT2D eigenvalue weighted by Crippen LogP contribution is -2.22. The van der Waals surface area contributed by atoms with Gasteiger partial charge in [0.15, 0.2) is 0 Å². The molecule has 0 aliphatic heterocycles. The topological polar surface area (TPSA) is 84.3 Å². The molecule has 0 aliphatic carbocycles. The van der Waals surface area contributed by atoms with Gasteiger partial charge in [0.05, 0.1) is 12.5 Å². The SMILES string of the molecule is CCC(CC(=O)O)Nc1cc(OC(C)C)ncn1. The van der Waals surface area contributed by atoms with Gasteiger partial charge in [0.1, 0.15) is 12.1 Å². The van der Waals surface area contributed by atoms with E-state index in [1.807, 2.05) is 20.8 Å². The Kier molecular flexibility index (Phi) is 5.35. The summed E-state index contributed by atoms with van der Waals surface area (Å²) in [5.74, 6) is 0.225. The van der Waals surface area contributed by atoms with Crippen LogP contribution in [0.3, 0.4) is 0 Å². The normalized spacial score (nSPS) is 12.2. The van der Waals surface area contributed by atoms with Crippen molar-refractivity contribution in [2.24, 2.45) is 0 Å². The number of hydrogen-bond donors (Lipinski definition) is 2. The highest BCUT2D eigenvalue weighted by atomic mass is 16.5. The van der Waals surface area contributed by atoms with E-state index in [0.29, 0.717) is 18.1 Å². The van der Waals surface area contributed by atoms with Crippen molar-refractivity contribution in [3.8, 4) is 5.88 Å². The summed E-state index contributed by atoms with van der Waals surface area (Å²) in [6.07, 6.45) is 2.19. The van der Waals surface area contributed by atoms with Gasteiger partial charge in [-0.15, -0.1) is 0 Å². The predicted molar refractivity (Wildman–Crippen MR) is 67.8 cm³/mol. The van der Waals surface area contributed by atoms with E-state index in [9.17, 15) is 4.79 Å². The molecule has 0 aromatic carbocycles. The molecule has 100 valence electrons. The Morgan fingerprint density at radius 3 is 2.78 bits per heavy atom. The van der Waals surface area contributed by atoms with Crippen LogP contribution in [0, 0.1) is 0 Å². The number of nitrogens with zero attached hydrogens (tertiary/aromatic N) is 2. The molecule has 0 bridgehead atoms. The van der Waals surface area contributed by atoms with Crippen LogP contribution >= 0.6 is 0 Å². The second-order valence-corrected chi connectivity index (χ2v) is 4.26. The summed E-state index contributed by atoms with van der Waals surface area (Å²) in [7, 11) is 0. The first kappa shape index (κ1) is 14.2. The smallest absolute Gasteiger partial charge is 0.305 e. The van der Waals surface area contributed by atoms with Gasteiger partial charge in [-0.3, -0.25) is 4.79 Å². The monoisotopic (exact) mass is 253 g/mol. The zero-order valence-corrected chi connectivity index (χ0v) is 10.9. The van der Waals surface area contributed by atoms with E-state index in [0.717, 1.165) is 0 Å². The standard InChI is InChI=1S/C12H19N3O3/c1-4-9(5-12(16)17)15-10-6-11(14-7-13-10)18-8(2)3/h6-9H,4-5H2,1-3H3,(H,16,17)(H,13,14,15). The summed E-state index contributed by atoms with van der Waals surface area (Å²) >= 11 is 0. The Balaban J connectivity index is 2.67. The van der Waals surface area contributed by atoms with Gasteiger partial charge in [0.25, 0.3) is 0 Å². The summed E-state index contributed by atoms with van der Waals surface area (Å²) in [4.78, 5) is 18.7. The van der Waals surface area contributed by atoms with Crippen molar-refractivity contribution < 1.29 is 14.6 Å². The van der Waals surface area contributed by atoms with Gasteiger partial charge in [-0.1, -0.05) is 6.92 Å². The van der Waals surface area contributed by atoms with Crippen LogP contribution in [-0.2, 0) is 4.79 Å². The molecule has 1 heterocycles. The molecule has 2 N–H and O–H groups in total. The molecule has 0 amide bonds. The minimum Gasteiger partial charge on any atom is -0.481 e. The van der Waals surface area contributed by atoms with E-state index in [-0.39, 0.29) is 18.6 Å². The number of nitrogens with one attached hydrogen (secondary N) is 1. The Morgan fingerprint density at radius 1 is 1.50 bits per heavy atom. The molecule has 0 fully saturated rings. The van der Waals surface area contributed by atoms with Crippen LogP contribution in [0.2, 0.25) is 0 Å². The van der Waals surface area contributed by atoms with Crippen LogP contribution in [0.1, 0.15) is 33.6 Å². The molecule has 1 atom stereocenters. The van der Waals surface area contributed by atoms with Crippen LogP contribution in [-0.4, -0.2) is 33.2 Å².